The van der Waals surface area contributed by atoms with Crippen molar-refractivity contribution in [2.45, 2.75) is 88.5 Å². The molecule has 134 valence electrons. The maximum Gasteiger partial charge on any atom is 0.164 e. The maximum atomic E-state index is 12.3. The quantitative estimate of drug-likeness (QED) is 0.720. The van der Waals surface area contributed by atoms with Crippen molar-refractivity contribution in [2.24, 2.45) is 0 Å². The van der Waals surface area contributed by atoms with Crippen LogP contribution in [0.3, 0.4) is 0 Å². The summed E-state index contributed by atoms with van der Waals surface area (Å²) in [4.78, 5) is 0. The van der Waals surface area contributed by atoms with Gasteiger partial charge in [0.2, 0.25) is 0 Å². The Morgan fingerprint density at radius 1 is 1.30 bits per heavy atom. The highest BCUT2D eigenvalue weighted by molar-refractivity contribution is 7.87. The number of rotatable bonds is 7. The predicted octanol–water partition coefficient (Wildman–Crippen LogP) is 3.33. The van der Waals surface area contributed by atoms with Gasteiger partial charge in [0.1, 0.15) is 12.2 Å². The Kier molecular flexibility index (Phi) is 7.20. The lowest BCUT2D eigenvalue weighted by Gasteiger charge is -2.22. The van der Waals surface area contributed by atoms with Crippen LogP contribution in [0.15, 0.2) is 24.8 Å². The molecule has 0 radical (unpaired) electrons. The van der Waals surface area contributed by atoms with E-state index in [9.17, 15) is 9.32 Å². The van der Waals surface area contributed by atoms with Crippen molar-refractivity contribution in [3.8, 4) is 0 Å². The highest BCUT2D eigenvalue weighted by Gasteiger charge is 2.43. The fourth-order valence-electron chi connectivity index (χ4n) is 2.66. The van der Waals surface area contributed by atoms with Crippen LogP contribution in [0.5, 0.6) is 0 Å². The zero-order valence-electron chi connectivity index (χ0n) is 15.2. The van der Waals surface area contributed by atoms with Gasteiger partial charge >= 0.3 is 0 Å². The van der Waals surface area contributed by atoms with Crippen LogP contribution in [0.25, 0.3) is 0 Å². The highest BCUT2D eigenvalue weighted by atomic mass is 32.2. The molecule has 1 heterocycles. The van der Waals surface area contributed by atoms with E-state index >= 15 is 0 Å². The smallest absolute Gasteiger partial charge is 0.164 e. The van der Waals surface area contributed by atoms with Crippen molar-refractivity contribution in [1.29, 1.82) is 0 Å². The molecule has 0 bridgehead atoms. The first-order chi connectivity index (χ1) is 10.5. The van der Waals surface area contributed by atoms with Crippen molar-refractivity contribution in [1.82, 2.24) is 0 Å². The first-order valence-electron chi connectivity index (χ1n) is 8.20. The molecule has 1 saturated heterocycles. The minimum atomic E-state index is -0.907. The number of ether oxygens (including phenoxy) is 2. The zero-order chi connectivity index (χ0) is 17.8. The lowest BCUT2D eigenvalue weighted by molar-refractivity contribution is -0.153. The van der Waals surface area contributed by atoms with E-state index in [-0.39, 0.29) is 16.1 Å². The van der Waals surface area contributed by atoms with E-state index < -0.39 is 28.8 Å². The standard InChI is InChI=1S/C18H32O4S/c1-8-10-14(19)16-15(21-18(6,7)22-16)12-9-11-13(2)23(20)17(3,4)5/h8-9,12-16,19H,1,10-11H2,2-7H3/b12-9-/t13-,14-,15-,16-,23?/m0/s1. The molecule has 1 rings (SSSR count). The van der Waals surface area contributed by atoms with Gasteiger partial charge in [0.25, 0.3) is 0 Å². The normalized spacial score (nSPS) is 28.7. The van der Waals surface area contributed by atoms with E-state index in [1.165, 1.54) is 0 Å². The number of allylic oxidation sites excluding steroid dienone is 1. The molecule has 0 aliphatic carbocycles. The van der Waals surface area contributed by atoms with E-state index in [1.807, 2.05) is 53.7 Å². The Balaban J connectivity index is 2.69. The third kappa shape index (κ3) is 6.14. The van der Waals surface area contributed by atoms with Crippen molar-refractivity contribution in [3.63, 3.8) is 0 Å². The van der Waals surface area contributed by atoms with Crippen LogP contribution in [0.4, 0.5) is 0 Å². The summed E-state index contributed by atoms with van der Waals surface area (Å²) in [5, 5.41) is 10.3. The van der Waals surface area contributed by atoms with Crippen LogP contribution in [0.2, 0.25) is 0 Å². The molecule has 1 unspecified atom stereocenters. The molecule has 0 aromatic rings. The Hall–Kier alpha value is -0.490. The molecule has 1 aliphatic rings. The summed E-state index contributed by atoms with van der Waals surface area (Å²) in [6.45, 7) is 15.3. The Bertz CT molecular complexity index is 450. The average molecular weight is 345 g/mol. The molecule has 1 N–H and O–H groups in total. The molecule has 5 atom stereocenters. The third-order valence-electron chi connectivity index (χ3n) is 3.71. The zero-order valence-corrected chi connectivity index (χ0v) is 16.1. The van der Waals surface area contributed by atoms with E-state index in [4.69, 9.17) is 9.47 Å². The summed E-state index contributed by atoms with van der Waals surface area (Å²) in [6, 6.07) is 0. The second kappa shape index (κ2) is 8.06. The summed E-state index contributed by atoms with van der Waals surface area (Å²) >= 11 is 0. The summed E-state index contributed by atoms with van der Waals surface area (Å²) in [6.07, 6.45) is 5.37. The van der Waals surface area contributed by atoms with Crippen molar-refractivity contribution in [3.05, 3.63) is 24.8 Å². The lowest BCUT2D eigenvalue weighted by Crippen LogP contribution is -2.34. The van der Waals surface area contributed by atoms with Gasteiger partial charge in [-0.25, -0.2) is 0 Å². The molecule has 0 aromatic carbocycles. The minimum absolute atomic E-state index is 0.0677. The minimum Gasteiger partial charge on any atom is -0.390 e. The number of aliphatic hydroxyl groups excluding tert-OH is 1. The van der Waals surface area contributed by atoms with Crippen LogP contribution in [-0.4, -0.2) is 43.4 Å². The molecule has 1 aliphatic heterocycles. The number of aliphatic hydroxyl groups is 1. The summed E-state index contributed by atoms with van der Waals surface area (Å²) in [5.74, 6) is -0.721. The van der Waals surface area contributed by atoms with Gasteiger partial charge in [0.05, 0.1) is 6.10 Å². The fraction of sp³-hybridized carbons (Fsp3) is 0.778. The Morgan fingerprint density at radius 3 is 2.43 bits per heavy atom. The second-order valence-electron chi connectivity index (χ2n) is 7.54. The first kappa shape index (κ1) is 20.6. The van der Waals surface area contributed by atoms with E-state index in [0.717, 1.165) is 0 Å². The van der Waals surface area contributed by atoms with Crippen molar-refractivity contribution >= 4 is 10.8 Å². The summed E-state index contributed by atoms with van der Waals surface area (Å²) < 4.78 is 23.8. The fourth-order valence-corrected chi connectivity index (χ4v) is 4.16. The highest BCUT2D eigenvalue weighted by Crippen LogP contribution is 2.32. The summed E-state index contributed by atoms with van der Waals surface area (Å²) in [7, 11) is -0.907. The Labute approximate surface area is 143 Å². The van der Waals surface area contributed by atoms with Crippen LogP contribution in [0, 0.1) is 0 Å². The average Bonchev–Trinajstić information content (AvgIpc) is 2.72. The van der Waals surface area contributed by atoms with Crippen LogP contribution < -0.4 is 0 Å². The van der Waals surface area contributed by atoms with Gasteiger partial charge in [-0.2, -0.15) is 0 Å². The van der Waals surface area contributed by atoms with Gasteiger partial charge in [-0.3, -0.25) is 4.21 Å². The molecule has 0 spiro atoms. The van der Waals surface area contributed by atoms with Gasteiger partial charge in [-0.15, -0.1) is 6.58 Å². The van der Waals surface area contributed by atoms with Gasteiger partial charge in [-0.05, 0) is 47.5 Å². The van der Waals surface area contributed by atoms with E-state index in [2.05, 4.69) is 6.58 Å². The predicted molar refractivity (Wildman–Crippen MR) is 95.8 cm³/mol. The molecular weight excluding hydrogens is 312 g/mol. The largest absolute Gasteiger partial charge is 0.390 e. The van der Waals surface area contributed by atoms with Crippen molar-refractivity contribution in [2.75, 3.05) is 0 Å². The molecule has 1 fully saturated rings. The van der Waals surface area contributed by atoms with Gasteiger partial charge in [0, 0.05) is 20.8 Å². The Morgan fingerprint density at radius 2 is 1.91 bits per heavy atom. The lowest BCUT2D eigenvalue weighted by atomic mass is 10.0. The molecule has 0 amide bonds. The third-order valence-corrected chi connectivity index (χ3v) is 5.84. The topological polar surface area (TPSA) is 55.8 Å². The van der Waals surface area contributed by atoms with Crippen LogP contribution in [0.1, 0.15) is 54.4 Å². The van der Waals surface area contributed by atoms with Gasteiger partial charge < -0.3 is 14.6 Å². The molecule has 5 heteroatoms. The SMILES string of the molecule is C=CC[C@H](O)[C@@H]1OC(C)(C)O[C@H]1/C=C\C[C@H](C)S(=O)C(C)(C)C. The number of hydrogen-bond acceptors (Lipinski definition) is 4. The molecule has 23 heavy (non-hydrogen) atoms. The molecule has 0 aromatic heterocycles. The van der Waals surface area contributed by atoms with Crippen LogP contribution in [-0.2, 0) is 20.3 Å². The molecular formula is C18H32O4S. The van der Waals surface area contributed by atoms with E-state index in [1.54, 1.807) is 6.08 Å². The monoisotopic (exact) mass is 344 g/mol. The maximum absolute atomic E-state index is 12.3. The van der Waals surface area contributed by atoms with Crippen LogP contribution >= 0.6 is 0 Å². The number of hydrogen-bond donors (Lipinski definition) is 1. The van der Waals surface area contributed by atoms with Gasteiger partial charge in [-0.1, -0.05) is 25.2 Å². The van der Waals surface area contributed by atoms with Crippen molar-refractivity contribution < 1.29 is 18.8 Å². The molecule has 0 saturated carbocycles. The van der Waals surface area contributed by atoms with E-state index in [0.29, 0.717) is 12.8 Å². The van der Waals surface area contributed by atoms with Gasteiger partial charge in [0.15, 0.2) is 5.79 Å². The second-order valence-corrected chi connectivity index (χ2v) is 10.2. The summed E-state index contributed by atoms with van der Waals surface area (Å²) in [5.41, 5.74) is 0. The first-order valence-corrected chi connectivity index (χ1v) is 9.41. The molecule has 4 nitrogen and oxygen atoms in total.